The summed E-state index contributed by atoms with van der Waals surface area (Å²) in [6.07, 6.45) is 5.92. The fourth-order valence-electron chi connectivity index (χ4n) is 8.70. The number of rotatable bonds is 5. The number of ether oxygens (including phenoxy) is 1. The van der Waals surface area contributed by atoms with Gasteiger partial charge in [0.25, 0.3) is 0 Å². The van der Waals surface area contributed by atoms with Gasteiger partial charge in [-0.1, -0.05) is 113 Å². The van der Waals surface area contributed by atoms with Gasteiger partial charge in [0.15, 0.2) is 0 Å². The van der Waals surface area contributed by atoms with Crippen LogP contribution in [0, 0.1) is 26.0 Å². The van der Waals surface area contributed by atoms with Crippen LogP contribution < -0.4 is 15.0 Å². The Kier molecular flexibility index (Phi) is 8.01. The van der Waals surface area contributed by atoms with Crippen molar-refractivity contribution in [1.82, 2.24) is 23.6 Å². The second kappa shape index (κ2) is 13.1. The van der Waals surface area contributed by atoms with Crippen molar-refractivity contribution >= 4 is 61.7 Å². The molecule has 11 rings (SSSR count). The standard InChI is InChI=1S/C47H33BN6O.Pt/c1-30-12-11-13-31(2)46(30)48-51(3)40-23-21-33(26-38(40)47-49-24-25-52(47)48)55-34-20-22-37-35-16-7-10-19-42(35)54(43(37)27-34)45-28-44-39(29-50-45)36-17-8-9-18-41(36)53(44)32-14-5-4-6-15-32;/h4-25,28-29H,1-3H3;/q-2;+2. The molecule has 0 amide bonds. The molecule has 5 heterocycles. The van der Waals surface area contributed by atoms with Crippen LogP contribution in [0.5, 0.6) is 11.5 Å². The number of pyridine rings is 1. The molecule has 0 atom stereocenters. The van der Waals surface area contributed by atoms with Crippen LogP contribution in [0.25, 0.3) is 66.5 Å². The minimum Gasteiger partial charge on any atom is -0.503 e. The molecule has 0 N–H and O–H groups in total. The smallest absolute Gasteiger partial charge is 0.503 e. The Morgan fingerprint density at radius 2 is 1.30 bits per heavy atom. The predicted octanol–water partition coefficient (Wildman–Crippen LogP) is 9.84. The maximum Gasteiger partial charge on any atom is 2.00 e. The van der Waals surface area contributed by atoms with Crippen LogP contribution in [0.4, 0.5) is 5.69 Å². The van der Waals surface area contributed by atoms with Gasteiger partial charge < -0.3 is 23.2 Å². The summed E-state index contributed by atoms with van der Waals surface area (Å²) in [5.74, 6) is 2.85. The molecule has 0 saturated heterocycles. The molecule has 9 heteroatoms. The number of anilines is 1. The third-order valence-electron chi connectivity index (χ3n) is 11.2. The topological polar surface area (TPSA) is 53.0 Å². The number of para-hydroxylation sites is 3. The molecule has 0 fully saturated rings. The van der Waals surface area contributed by atoms with Crippen molar-refractivity contribution < 1.29 is 25.8 Å². The van der Waals surface area contributed by atoms with E-state index in [0.29, 0.717) is 11.5 Å². The molecule has 0 radical (unpaired) electrons. The van der Waals surface area contributed by atoms with Crippen molar-refractivity contribution in [2.24, 2.45) is 0 Å². The number of hydrogen-bond acceptors (Lipinski definition) is 4. The van der Waals surface area contributed by atoms with Crippen molar-refractivity contribution in [2.75, 3.05) is 11.9 Å². The molecular formula is C47H33BN6OPt. The minimum absolute atomic E-state index is 0. The normalized spacial score (nSPS) is 12.3. The molecule has 0 aliphatic carbocycles. The number of aryl methyl sites for hydroxylation is 2. The van der Waals surface area contributed by atoms with Crippen molar-refractivity contribution in [3.63, 3.8) is 0 Å². The summed E-state index contributed by atoms with van der Waals surface area (Å²) < 4.78 is 13.3. The summed E-state index contributed by atoms with van der Waals surface area (Å²) in [5, 5.41) is 4.47. The Labute approximate surface area is 338 Å². The third-order valence-corrected chi connectivity index (χ3v) is 11.2. The second-order valence-electron chi connectivity index (χ2n) is 14.3. The fourth-order valence-corrected chi connectivity index (χ4v) is 8.70. The molecule has 1 aliphatic rings. The van der Waals surface area contributed by atoms with Crippen LogP contribution >= 0.6 is 0 Å². The van der Waals surface area contributed by atoms with Gasteiger partial charge in [-0.2, -0.15) is 6.07 Å². The van der Waals surface area contributed by atoms with Crippen LogP contribution in [0.15, 0.2) is 146 Å². The molecule has 0 bridgehead atoms. The van der Waals surface area contributed by atoms with Crippen LogP contribution in [-0.4, -0.2) is 37.6 Å². The number of benzene rings is 6. The van der Waals surface area contributed by atoms with E-state index in [1.165, 1.54) is 22.0 Å². The molecular weight excluding hydrogens is 870 g/mol. The molecule has 1 aliphatic heterocycles. The summed E-state index contributed by atoms with van der Waals surface area (Å²) in [6, 6.07) is 51.6. The number of nitrogens with zero attached hydrogens (tertiary/aromatic N) is 6. The zero-order valence-corrected chi connectivity index (χ0v) is 33.1. The van der Waals surface area contributed by atoms with Gasteiger partial charge in [0.05, 0.1) is 11.0 Å². The van der Waals surface area contributed by atoms with E-state index >= 15 is 0 Å². The van der Waals surface area contributed by atoms with E-state index in [1.54, 1.807) is 0 Å². The molecule has 7 nitrogen and oxygen atoms in total. The maximum absolute atomic E-state index is 6.60. The average Bonchev–Trinajstić information content (AvgIpc) is 3.92. The zero-order chi connectivity index (χ0) is 36.8. The van der Waals surface area contributed by atoms with Gasteiger partial charge in [-0.15, -0.1) is 23.6 Å². The first-order chi connectivity index (χ1) is 27.0. The van der Waals surface area contributed by atoms with Gasteiger partial charge in [0.1, 0.15) is 5.82 Å². The molecule has 0 saturated carbocycles. The molecule has 0 spiro atoms. The van der Waals surface area contributed by atoms with E-state index in [-0.39, 0.29) is 28.0 Å². The Morgan fingerprint density at radius 3 is 2.09 bits per heavy atom. The fraction of sp³-hybridized carbons (Fsp3) is 0.0638. The van der Waals surface area contributed by atoms with Gasteiger partial charge in [-0.3, -0.25) is 4.98 Å². The van der Waals surface area contributed by atoms with Gasteiger partial charge >= 0.3 is 28.0 Å². The minimum atomic E-state index is -0.0224. The Bertz CT molecular complexity index is 3130. The number of fused-ring (bicyclic) bond motifs is 9. The summed E-state index contributed by atoms with van der Waals surface area (Å²) in [6.45, 7) is 4.33. The van der Waals surface area contributed by atoms with Crippen LogP contribution in [-0.2, 0) is 21.1 Å². The maximum atomic E-state index is 6.60. The van der Waals surface area contributed by atoms with Crippen molar-refractivity contribution in [2.45, 2.75) is 13.8 Å². The van der Waals surface area contributed by atoms with Gasteiger partial charge in [-0.05, 0) is 56.0 Å². The van der Waals surface area contributed by atoms with Gasteiger partial charge in [0, 0.05) is 64.0 Å². The molecule has 56 heavy (non-hydrogen) atoms. The Morgan fingerprint density at radius 1 is 0.625 bits per heavy atom. The van der Waals surface area contributed by atoms with E-state index in [4.69, 9.17) is 14.7 Å². The van der Waals surface area contributed by atoms with Crippen LogP contribution in [0.2, 0.25) is 0 Å². The summed E-state index contributed by atoms with van der Waals surface area (Å²) >= 11 is 0. The average molecular weight is 904 g/mol. The number of hydrogen-bond donors (Lipinski definition) is 0. The molecule has 6 aromatic carbocycles. The summed E-state index contributed by atoms with van der Waals surface area (Å²) in [7, 11) is 2.14. The van der Waals surface area contributed by atoms with E-state index in [2.05, 4.69) is 173 Å². The second-order valence-corrected chi connectivity index (χ2v) is 14.3. The summed E-state index contributed by atoms with van der Waals surface area (Å²) in [4.78, 5) is 12.2. The Balaban J connectivity index is 0.00000384. The largest absolute Gasteiger partial charge is 2.00 e. The Hall–Kier alpha value is -6.37. The third kappa shape index (κ3) is 5.09. The van der Waals surface area contributed by atoms with Crippen LogP contribution in [0.1, 0.15) is 11.1 Å². The monoisotopic (exact) mass is 903 g/mol. The SMILES string of the molecule is Cc1cccc(C)c1B1N(C)c2ccc(Oc3[c-]c4c(cc3)c3ccccc3n4-c3cc4c(cn3)c3ccccc3n4-c3ccccc3)[c-]c2-c2nccn21.[Pt+2]. The number of imidazole rings is 1. The summed E-state index contributed by atoms with van der Waals surface area (Å²) in [5.41, 5.74) is 11.0. The van der Waals surface area contributed by atoms with Crippen molar-refractivity contribution in [3.8, 4) is 34.4 Å². The predicted molar refractivity (Wildman–Crippen MR) is 223 cm³/mol. The van der Waals surface area contributed by atoms with E-state index in [1.807, 2.05) is 24.5 Å². The molecule has 10 aromatic rings. The molecule has 270 valence electrons. The van der Waals surface area contributed by atoms with Crippen molar-refractivity contribution in [3.05, 3.63) is 169 Å². The molecule has 0 unspecified atom stereocenters. The van der Waals surface area contributed by atoms with Crippen molar-refractivity contribution in [1.29, 1.82) is 0 Å². The number of aromatic nitrogens is 5. The van der Waals surface area contributed by atoms with E-state index < -0.39 is 0 Å². The first-order valence-corrected chi connectivity index (χ1v) is 18.5. The first kappa shape index (κ1) is 34.1. The van der Waals surface area contributed by atoms with Gasteiger partial charge in [-0.25, -0.2) is 4.98 Å². The van der Waals surface area contributed by atoms with E-state index in [0.717, 1.165) is 66.8 Å². The zero-order valence-electron chi connectivity index (χ0n) is 30.8. The van der Waals surface area contributed by atoms with Crippen LogP contribution in [0.3, 0.4) is 0 Å². The quantitative estimate of drug-likeness (QED) is 0.128. The van der Waals surface area contributed by atoms with E-state index in [9.17, 15) is 0 Å². The first-order valence-electron chi connectivity index (χ1n) is 18.5. The van der Waals surface area contributed by atoms with Gasteiger partial charge in [0.2, 0.25) is 0 Å². The molecule has 4 aromatic heterocycles.